The molecule has 0 aliphatic rings. The molecule has 0 atom stereocenters. The van der Waals surface area contributed by atoms with Gasteiger partial charge in [0, 0.05) is 6.61 Å². The Morgan fingerprint density at radius 1 is 1.35 bits per heavy atom. The number of hydrogen-bond acceptors (Lipinski definition) is 5. The van der Waals surface area contributed by atoms with Gasteiger partial charge in [0.05, 0.1) is 25.0 Å². The molecule has 0 aliphatic carbocycles. The van der Waals surface area contributed by atoms with Crippen LogP contribution in [-0.2, 0) is 9.47 Å². The molecule has 0 fully saturated rings. The first-order valence-electron chi connectivity index (χ1n) is 5.38. The third-order valence-corrected chi connectivity index (χ3v) is 2.17. The summed E-state index contributed by atoms with van der Waals surface area (Å²) < 4.78 is 15.1. The number of benzene rings is 1. The van der Waals surface area contributed by atoms with Gasteiger partial charge in [-0.15, -0.1) is 0 Å². The zero-order valence-corrected chi connectivity index (χ0v) is 10.1. The minimum Gasteiger partial charge on any atom is -0.495 e. The first-order chi connectivity index (χ1) is 8.20. The summed E-state index contributed by atoms with van der Waals surface area (Å²) in [7, 11) is 1.50. The van der Waals surface area contributed by atoms with Gasteiger partial charge in [-0.25, -0.2) is 4.79 Å². The van der Waals surface area contributed by atoms with Crippen molar-refractivity contribution in [1.29, 1.82) is 0 Å². The highest BCUT2D eigenvalue weighted by atomic mass is 16.6. The van der Waals surface area contributed by atoms with Gasteiger partial charge in [-0.2, -0.15) is 0 Å². The van der Waals surface area contributed by atoms with Crippen molar-refractivity contribution in [2.45, 2.75) is 6.92 Å². The molecule has 0 saturated heterocycles. The van der Waals surface area contributed by atoms with Crippen molar-refractivity contribution < 1.29 is 19.0 Å². The lowest BCUT2D eigenvalue weighted by atomic mass is 10.1. The standard InChI is InChI=1S/C12H17NO4/c1-3-16-7-8-17-12(14)9-5-4-6-10(15-2)11(9)13/h4-6H,3,7-8,13H2,1-2H3. The third kappa shape index (κ3) is 3.64. The van der Waals surface area contributed by atoms with Gasteiger partial charge in [0.15, 0.2) is 0 Å². The molecule has 0 spiro atoms. The fraction of sp³-hybridized carbons (Fsp3) is 0.417. The molecule has 5 nitrogen and oxygen atoms in total. The van der Waals surface area contributed by atoms with E-state index in [0.29, 0.717) is 24.5 Å². The van der Waals surface area contributed by atoms with Gasteiger partial charge in [-0.1, -0.05) is 6.07 Å². The Hall–Kier alpha value is -1.75. The molecule has 0 bridgehead atoms. The predicted molar refractivity (Wildman–Crippen MR) is 64.2 cm³/mol. The lowest BCUT2D eigenvalue weighted by molar-refractivity contribution is 0.0336. The van der Waals surface area contributed by atoms with Gasteiger partial charge in [-0.05, 0) is 19.1 Å². The Bertz CT molecular complexity index is 379. The molecular weight excluding hydrogens is 222 g/mol. The molecule has 0 aromatic heterocycles. The lowest BCUT2D eigenvalue weighted by Crippen LogP contribution is -2.12. The highest BCUT2D eigenvalue weighted by molar-refractivity contribution is 5.96. The van der Waals surface area contributed by atoms with E-state index in [1.54, 1.807) is 18.2 Å². The monoisotopic (exact) mass is 239 g/mol. The third-order valence-electron chi connectivity index (χ3n) is 2.17. The number of ether oxygens (including phenoxy) is 3. The molecule has 0 heterocycles. The smallest absolute Gasteiger partial charge is 0.340 e. The molecular formula is C12H17NO4. The molecule has 1 aromatic carbocycles. The SMILES string of the molecule is CCOCCOC(=O)c1cccc(OC)c1N. The minimum absolute atomic E-state index is 0.212. The van der Waals surface area contributed by atoms with Crippen LogP contribution in [0.1, 0.15) is 17.3 Å². The maximum atomic E-state index is 11.7. The number of carbonyl (C=O) groups is 1. The molecule has 5 heteroatoms. The Morgan fingerprint density at radius 3 is 2.76 bits per heavy atom. The first kappa shape index (κ1) is 13.3. The average molecular weight is 239 g/mol. The fourth-order valence-electron chi connectivity index (χ4n) is 1.32. The Morgan fingerprint density at radius 2 is 2.12 bits per heavy atom. The second kappa shape index (κ2) is 6.75. The van der Waals surface area contributed by atoms with E-state index in [1.807, 2.05) is 6.92 Å². The van der Waals surface area contributed by atoms with Crippen LogP contribution in [0.5, 0.6) is 5.75 Å². The highest BCUT2D eigenvalue weighted by Crippen LogP contribution is 2.25. The largest absolute Gasteiger partial charge is 0.495 e. The van der Waals surface area contributed by atoms with E-state index in [2.05, 4.69) is 0 Å². The molecule has 2 N–H and O–H groups in total. The Balaban J connectivity index is 2.62. The molecule has 0 saturated carbocycles. The maximum Gasteiger partial charge on any atom is 0.340 e. The number of hydrogen-bond donors (Lipinski definition) is 1. The lowest BCUT2D eigenvalue weighted by Gasteiger charge is -2.09. The summed E-state index contributed by atoms with van der Waals surface area (Å²) in [6, 6.07) is 4.97. The van der Waals surface area contributed by atoms with Gasteiger partial charge in [0.25, 0.3) is 0 Å². The molecule has 1 rings (SSSR count). The number of anilines is 1. The molecule has 94 valence electrons. The second-order valence-electron chi connectivity index (χ2n) is 3.25. The number of rotatable bonds is 6. The van der Waals surface area contributed by atoms with Crippen molar-refractivity contribution in [3.63, 3.8) is 0 Å². The molecule has 1 aromatic rings. The fourth-order valence-corrected chi connectivity index (χ4v) is 1.32. The van der Waals surface area contributed by atoms with Crippen LogP contribution in [0.15, 0.2) is 18.2 Å². The average Bonchev–Trinajstić information content (AvgIpc) is 2.34. The summed E-state index contributed by atoms with van der Waals surface area (Å²) in [4.78, 5) is 11.7. The molecule has 0 aliphatic heterocycles. The highest BCUT2D eigenvalue weighted by Gasteiger charge is 2.13. The quantitative estimate of drug-likeness (QED) is 0.462. The minimum atomic E-state index is -0.471. The van der Waals surface area contributed by atoms with Gasteiger partial charge < -0.3 is 19.9 Å². The summed E-state index contributed by atoms with van der Waals surface area (Å²) in [6.07, 6.45) is 0. The van der Waals surface area contributed by atoms with Crippen molar-refractivity contribution in [2.24, 2.45) is 0 Å². The summed E-state index contributed by atoms with van der Waals surface area (Å²) in [5, 5.41) is 0. The summed E-state index contributed by atoms with van der Waals surface area (Å²) in [5.41, 5.74) is 6.36. The summed E-state index contributed by atoms with van der Waals surface area (Å²) >= 11 is 0. The number of methoxy groups -OCH3 is 1. The van der Waals surface area contributed by atoms with E-state index in [4.69, 9.17) is 19.9 Å². The zero-order valence-electron chi connectivity index (χ0n) is 10.1. The molecule has 17 heavy (non-hydrogen) atoms. The molecule has 0 radical (unpaired) electrons. The molecule has 0 unspecified atom stereocenters. The van der Waals surface area contributed by atoms with Crippen LogP contribution < -0.4 is 10.5 Å². The van der Waals surface area contributed by atoms with Gasteiger partial charge >= 0.3 is 5.97 Å². The topological polar surface area (TPSA) is 70.8 Å². The summed E-state index contributed by atoms with van der Waals surface area (Å²) in [6.45, 7) is 3.07. The van der Waals surface area contributed by atoms with E-state index in [-0.39, 0.29) is 12.3 Å². The van der Waals surface area contributed by atoms with E-state index in [0.717, 1.165) is 0 Å². The van der Waals surface area contributed by atoms with Crippen LogP contribution in [-0.4, -0.2) is 32.9 Å². The zero-order chi connectivity index (χ0) is 12.7. The van der Waals surface area contributed by atoms with E-state index < -0.39 is 5.97 Å². The first-order valence-corrected chi connectivity index (χ1v) is 5.38. The predicted octanol–water partition coefficient (Wildman–Crippen LogP) is 1.47. The van der Waals surface area contributed by atoms with Crippen molar-refractivity contribution >= 4 is 11.7 Å². The van der Waals surface area contributed by atoms with Crippen molar-refractivity contribution in [2.75, 3.05) is 32.7 Å². The van der Waals surface area contributed by atoms with Crippen LogP contribution in [0, 0.1) is 0 Å². The van der Waals surface area contributed by atoms with Crippen LogP contribution in [0.25, 0.3) is 0 Å². The normalized spacial score (nSPS) is 10.0. The van der Waals surface area contributed by atoms with Gasteiger partial charge in [0.2, 0.25) is 0 Å². The summed E-state index contributed by atoms with van der Waals surface area (Å²) in [5.74, 6) is -0.00892. The number of carbonyl (C=O) groups excluding carboxylic acids is 1. The Kier molecular flexibility index (Phi) is 5.29. The van der Waals surface area contributed by atoms with Gasteiger partial charge in [-0.3, -0.25) is 0 Å². The number of nitrogens with two attached hydrogens (primary N) is 1. The molecule has 0 amide bonds. The Labute approximate surface area is 100 Å². The number of nitrogen functional groups attached to an aromatic ring is 1. The van der Waals surface area contributed by atoms with E-state index in [9.17, 15) is 4.79 Å². The van der Waals surface area contributed by atoms with Crippen molar-refractivity contribution in [3.8, 4) is 5.75 Å². The van der Waals surface area contributed by atoms with E-state index in [1.165, 1.54) is 7.11 Å². The number of para-hydroxylation sites is 1. The van der Waals surface area contributed by atoms with Crippen molar-refractivity contribution in [1.82, 2.24) is 0 Å². The van der Waals surface area contributed by atoms with Gasteiger partial charge in [0.1, 0.15) is 12.4 Å². The number of esters is 1. The van der Waals surface area contributed by atoms with Crippen LogP contribution >= 0.6 is 0 Å². The second-order valence-corrected chi connectivity index (χ2v) is 3.25. The van der Waals surface area contributed by atoms with Crippen LogP contribution in [0.2, 0.25) is 0 Å². The van der Waals surface area contributed by atoms with Crippen molar-refractivity contribution in [3.05, 3.63) is 23.8 Å². The van der Waals surface area contributed by atoms with E-state index >= 15 is 0 Å². The van der Waals surface area contributed by atoms with Crippen LogP contribution in [0.3, 0.4) is 0 Å². The van der Waals surface area contributed by atoms with Crippen LogP contribution in [0.4, 0.5) is 5.69 Å². The maximum absolute atomic E-state index is 11.7.